The van der Waals surface area contributed by atoms with Crippen molar-refractivity contribution >= 4 is 5.91 Å². The standard InChI is InChI=1S/C13H18N2O3/c1-10-9-18-11(2)7-15(10)13(17)8-14-6-4-3-5-12(14)16/h3-6,10-11H,7-9H2,1-2H3. The Labute approximate surface area is 106 Å². The van der Waals surface area contributed by atoms with Gasteiger partial charge in [0.05, 0.1) is 18.8 Å². The molecule has 1 aromatic heterocycles. The van der Waals surface area contributed by atoms with E-state index < -0.39 is 0 Å². The van der Waals surface area contributed by atoms with Gasteiger partial charge in [0, 0.05) is 18.8 Å². The molecule has 0 radical (unpaired) electrons. The molecule has 0 N–H and O–H groups in total. The molecule has 2 heterocycles. The van der Waals surface area contributed by atoms with Crippen LogP contribution in [0.4, 0.5) is 0 Å². The van der Waals surface area contributed by atoms with Crippen molar-refractivity contribution in [3.63, 3.8) is 0 Å². The van der Waals surface area contributed by atoms with Crippen molar-refractivity contribution in [2.75, 3.05) is 13.2 Å². The first-order valence-corrected chi connectivity index (χ1v) is 6.14. The second kappa shape index (κ2) is 5.35. The predicted octanol–water partition coefficient (Wildman–Crippen LogP) is 0.484. The molecule has 0 saturated carbocycles. The van der Waals surface area contributed by atoms with Gasteiger partial charge in [-0.3, -0.25) is 9.59 Å². The van der Waals surface area contributed by atoms with E-state index in [1.165, 1.54) is 10.6 Å². The lowest BCUT2D eigenvalue weighted by molar-refractivity contribution is -0.143. The number of amides is 1. The van der Waals surface area contributed by atoms with Gasteiger partial charge in [0.1, 0.15) is 6.54 Å². The fraction of sp³-hybridized carbons (Fsp3) is 0.538. The summed E-state index contributed by atoms with van der Waals surface area (Å²) in [5, 5.41) is 0. The van der Waals surface area contributed by atoms with Crippen molar-refractivity contribution in [1.29, 1.82) is 0 Å². The molecule has 2 atom stereocenters. The van der Waals surface area contributed by atoms with Crippen LogP contribution in [-0.2, 0) is 16.1 Å². The molecule has 1 amide bonds. The van der Waals surface area contributed by atoms with Crippen molar-refractivity contribution in [1.82, 2.24) is 9.47 Å². The van der Waals surface area contributed by atoms with Gasteiger partial charge >= 0.3 is 0 Å². The van der Waals surface area contributed by atoms with Gasteiger partial charge in [-0.15, -0.1) is 0 Å². The molecule has 0 bridgehead atoms. The Morgan fingerprint density at radius 3 is 2.94 bits per heavy atom. The summed E-state index contributed by atoms with van der Waals surface area (Å²) in [6.45, 7) is 5.13. The lowest BCUT2D eigenvalue weighted by Crippen LogP contribution is -2.51. The minimum atomic E-state index is -0.153. The summed E-state index contributed by atoms with van der Waals surface area (Å²) in [5.41, 5.74) is -0.153. The number of hydrogen-bond acceptors (Lipinski definition) is 3. The zero-order valence-corrected chi connectivity index (χ0v) is 10.7. The molecule has 2 rings (SSSR count). The highest BCUT2D eigenvalue weighted by atomic mass is 16.5. The second-order valence-electron chi connectivity index (χ2n) is 4.71. The molecule has 98 valence electrons. The van der Waals surface area contributed by atoms with Gasteiger partial charge in [0.25, 0.3) is 5.56 Å². The van der Waals surface area contributed by atoms with Crippen LogP contribution in [-0.4, -0.2) is 40.7 Å². The van der Waals surface area contributed by atoms with E-state index in [0.29, 0.717) is 13.2 Å². The van der Waals surface area contributed by atoms with E-state index in [2.05, 4.69) is 0 Å². The van der Waals surface area contributed by atoms with Crippen LogP contribution in [0.2, 0.25) is 0 Å². The van der Waals surface area contributed by atoms with Crippen molar-refractivity contribution in [2.24, 2.45) is 0 Å². The maximum Gasteiger partial charge on any atom is 0.250 e. The first-order valence-electron chi connectivity index (χ1n) is 6.14. The van der Waals surface area contributed by atoms with Gasteiger partial charge in [-0.05, 0) is 19.9 Å². The van der Waals surface area contributed by atoms with E-state index in [1.54, 1.807) is 23.2 Å². The molecule has 0 aromatic carbocycles. The number of pyridine rings is 1. The summed E-state index contributed by atoms with van der Waals surface area (Å²) in [5.74, 6) is -0.0362. The predicted molar refractivity (Wildman–Crippen MR) is 67.3 cm³/mol. The molecular formula is C13H18N2O3. The van der Waals surface area contributed by atoms with Gasteiger partial charge in [-0.2, -0.15) is 0 Å². The summed E-state index contributed by atoms with van der Waals surface area (Å²) in [7, 11) is 0. The van der Waals surface area contributed by atoms with Crippen molar-refractivity contribution < 1.29 is 9.53 Å². The summed E-state index contributed by atoms with van der Waals surface area (Å²) in [6, 6.07) is 4.94. The largest absolute Gasteiger partial charge is 0.375 e. The van der Waals surface area contributed by atoms with Crippen LogP contribution in [0.15, 0.2) is 29.2 Å². The zero-order chi connectivity index (χ0) is 13.1. The maximum atomic E-state index is 12.2. The zero-order valence-electron chi connectivity index (χ0n) is 10.7. The Kier molecular flexibility index (Phi) is 3.81. The molecule has 1 saturated heterocycles. The number of rotatable bonds is 2. The highest BCUT2D eigenvalue weighted by molar-refractivity contribution is 5.76. The van der Waals surface area contributed by atoms with Crippen LogP contribution in [0, 0.1) is 0 Å². The van der Waals surface area contributed by atoms with Crippen LogP contribution >= 0.6 is 0 Å². The Morgan fingerprint density at radius 2 is 2.22 bits per heavy atom. The van der Waals surface area contributed by atoms with Crippen molar-refractivity contribution in [2.45, 2.75) is 32.5 Å². The highest BCUT2D eigenvalue weighted by Crippen LogP contribution is 2.11. The van der Waals surface area contributed by atoms with Gasteiger partial charge in [-0.1, -0.05) is 6.07 Å². The summed E-state index contributed by atoms with van der Waals surface area (Å²) >= 11 is 0. The smallest absolute Gasteiger partial charge is 0.250 e. The molecule has 2 unspecified atom stereocenters. The SMILES string of the molecule is CC1CN(C(=O)Cn2ccccc2=O)C(C)CO1. The fourth-order valence-corrected chi connectivity index (χ4v) is 2.08. The second-order valence-corrected chi connectivity index (χ2v) is 4.71. The minimum Gasteiger partial charge on any atom is -0.375 e. The number of carbonyl (C=O) groups excluding carboxylic acids is 1. The summed E-state index contributed by atoms with van der Waals surface area (Å²) in [4.78, 5) is 25.5. The van der Waals surface area contributed by atoms with Crippen LogP contribution in [0.3, 0.4) is 0 Å². The molecule has 0 spiro atoms. The van der Waals surface area contributed by atoms with E-state index in [4.69, 9.17) is 4.74 Å². The third-order valence-electron chi connectivity index (χ3n) is 3.13. The van der Waals surface area contributed by atoms with Gasteiger partial charge < -0.3 is 14.2 Å². The summed E-state index contributed by atoms with van der Waals surface area (Å²) < 4.78 is 6.91. The maximum absolute atomic E-state index is 12.2. The average molecular weight is 250 g/mol. The quantitative estimate of drug-likeness (QED) is 0.767. The topological polar surface area (TPSA) is 51.5 Å². The molecule has 0 aliphatic carbocycles. The van der Waals surface area contributed by atoms with E-state index in [1.807, 2.05) is 13.8 Å². The molecule has 5 nitrogen and oxygen atoms in total. The van der Waals surface area contributed by atoms with Crippen molar-refractivity contribution in [3.05, 3.63) is 34.7 Å². The third-order valence-corrected chi connectivity index (χ3v) is 3.13. The molecule has 1 aliphatic heterocycles. The van der Waals surface area contributed by atoms with Crippen LogP contribution < -0.4 is 5.56 Å². The van der Waals surface area contributed by atoms with Crippen LogP contribution in [0.1, 0.15) is 13.8 Å². The number of hydrogen-bond donors (Lipinski definition) is 0. The highest BCUT2D eigenvalue weighted by Gasteiger charge is 2.27. The van der Waals surface area contributed by atoms with Gasteiger partial charge in [-0.25, -0.2) is 0 Å². The number of aromatic nitrogens is 1. The minimum absolute atomic E-state index is 0.0362. The number of morpholine rings is 1. The van der Waals surface area contributed by atoms with Crippen LogP contribution in [0.25, 0.3) is 0 Å². The Hall–Kier alpha value is -1.62. The lowest BCUT2D eigenvalue weighted by atomic mass is 10.2. The number of carbonyl (C=O) groups is 1. The average Bonchev–Trinajstić information content (AvgIpc) is 2.35. The van der Waals surface area contributed by atoms with Gasteiger partial charge in [0.15, 0.2) is 0 Å². The number of nitrogens with zero attached hydrogens (tertiary/aromatic N) is 2. The van der Waals surface area contributed by atoms with E-state index in [0.717, 1.165) is 0 Å². The van der Waals surface area contributed by atoms with Gasteiger partial charge in [0.2, 0.25) is 5.91 Å². The van der Waals surface area contributed by atoms with E-state index >= 15 is 0 Å². The van der Waals surface area contributed by atoms with Crippen molar-refractivity contribution in [3.8, 4) is 0 Å². The Morgan fingerprint density at radius 1 is 1.44 bits per heavy atom. The Balaban J connectivity index is 2.08. The Bertz CT molecular complexity index is 483. The van der Waals surface area contributed by atoms with E-state index in [9.17, 15) is 9.59 Å². The monoisotopic (exact) mass is 250 g/mol. The molecule has 1 fully saturated rings. The number of ether oxygens (including phenoxy) is 1. The first-order chi connectivity index (χ1) is 8.58. The molecule has 5 heteroatoms. The summed E-state index contributed by atoms with van der Waals surface area (Å²) in [6.07, 6.45) is 1.69. The fourth-order valence-electron chi connectivity index (χ4n) is 2.08. The normalized spacial score (nSPS) is 24.0. The van der Waals surface area contributed by atoms with E-state index in [-0.39, 0.29) is 30.2 Å². The molecule has 1 aliphatic rings. The molecule has 1 aromatic rings. The van der Waals surface area contributed by atoms with Crippen LogP contribution in [0.5, 0.6) is 0 Å². The molecule has 18 heavy (non-hydrogen) atoms. The third kappa shape index (κ3) is 2.79. The first kappa shape index (κ1) is 12.8. The molecular weight excluding hydrogens is 232 g/mol. The lowest BCUT2D eigenvalue weighted by Gasteiger charge is -2.36.